The minimum Gasteiger partial charge on any atom is -0.474 e. The molecule has 0 radical (unpaired) electrons. The third kappa shape index (κ3) is 3.20. The van der Waals surface area contributed by atoms with Crippen molar-refractivity contribution >= 4 is 17.3 Å². The molecule has 2 aromatic rings. The first-order chi connectivity index (χ1) is 11.4. The Hall–Kier alpha value is -2.19. The Kier molecular flexibility index (Phi) is 4.42. The Balaban J connectivity index is 1.80. The van der Waals surface area contributed by atoms with Crippen molar-refractivity contribution in [2.24, 2.45) is 5.73 Å². The number of aromatic nitrogens is 2. The molecule has 0 spiro atoms. The summed E-state index contributed by atoms with van der Waals surface area (Å²) in [6.07, 6.45) is 3.02. The average Bonchev–Trinajstić information content (AvgIpc) is 3.18. The fraction of sp³-hybridized carbons (Fsp3) is 0.467. The van der Waals surface area contributed by atoms with Crippen molar-refractivity contribution in [2.45, 2.75) is 44.2 Å². The van der Waals surface area contributed by atoms with Crippen LogP contribution in [0.5, 0.6) is 5.75 Å². The molecule has 8 nitrogen and oxygen atoms in total. The SMILES string of the molecule is CC(Oc1ccc(Cl)cc1[N+](=O)[O-])c1nc(C2(N)CCCC2)no1. The molecule has 1 fully saturated rings. The highest BCUT2D eigenvalue weighted by molar-refractivity contribution is 6.30. The summed E-state index contributed by atoms with van der Waals surface area (Å²) < 4.78 is 10.9. The smallest absolute Gasteiger partial charge is 0.312 e. The van der Waals surface area contributed by atoms with Crippen LogP contribution < -0.4 is 10.5 Å². The summed E-state index contributed by atoms with van der Waals surface area (Å²) in [5.41, 5.74) is 5.51. The summed E-state index contributed by atoms with van der Waals surface area (Å²) in [4.78, 5) is 14.9. The summed E-state index contributed by atoms with van der Waals surface area (Å²) in [6, 6.07) is 4.19. The van der Waals surface area contributed by atoms with Crippen molar-refractivity contribution in [3.63, 3.8) is 0 Å². The summed E-state index contributed by atoms with van der Waals surface area (Å²) in [6.45, 7) is 1.67. The molecule has 0 amide bonds. The van der Waals surface area contributed by atoms with Gasteiger partial charge < -0.3 is 15.0 Å². The van der Waals surface area contributed by atoms with Gasteiger partial charge in [0.15, 0.2) is 17.7 Å². The van der Waals surface area contributed by atoms with Gasteiger partial charge in [-0.15, -0.1) is 0 Å². The number of nitrogens with two attached hydrogens (primary N) is 1. The quantitative estimate of drug-likeness (QED) is 0.646. The van der Waals surface area contributed by atoms with Crippen molar-refractivity contribution in [3.8, 4) is 5.75 Å². The van der Waals surface area contributed by atoms with Gasteiger partial charge in [0.25, 0.3) is 5.89 Å². The van der Waals surface area contributed by atoms with Gasteiger partial charge in [-0.05, 0) is 31.9 Å². The maximum absolute atomic E-state index is 11.1. The van der Waals surface area contributed by atoms with E-state index < -0.39 is 16.6 Å². The van der Waals surface area contributed by atoms with Crippen molar-refractivity contribution < 1.29 is 14.2 Å². The second-order valence-electron chi connectivity index (χ2n) is 5.95. The summed E-state index contributed by atoms with van der Waals surface area (Å²) >= 11 is 5.79. The Morgan fingerprint density at radius 3 is 2.83 bits per heavy atom. The molecule has 1 aromatic carbocycles. The number of ether oxygens (including phenoxy) is 1. The molecule has 0 saturated heterocycles. The first-order valence-corrected chi connectivity index (χ1v) is 8.00. The van der Waals surface area contributed by atoms with Crippen LogP contribution in [0.3, 0.4) is 0 Å². The van der Waals surface area contributed by atoms with Gasteiger partial charge in [-0.1, -0.05) is 29.6 Å². The van der Waals surface area contributed by atoms with Gasteiger partial charge in [-0.3, -0.25) is 10.1 Å². The molecular formula is C15H17ClN4O4. The topological polar surface area (TPSA) is 117 Å². The monoisotopic (exact) mass is 352 g/mol. The van der Waals surface area contributed by atoms with Crippen LogP contribution in [0, 0.1) is 10.1 Å². The molecule has 1 heterocycles. The zero-order chi connectivity index (χ0) is 17.3. The van der Waals surface area contributed by atoms with Crippen LogP contribution in [0.15, 0.2) is 22.7 Å². The van der Waals surface area contributed by atoms with Gasteiger partial charge in [0.2, 0.25) is 0 Å². The minimum atomic E-state index is -0.656. The number of nitro groups is 1. The van der Waals surface area contributed by atoms with E-state index >= 15 is 0 Å². The van der Waals surface area contributed by atoms with Gasteiger partial charge in [-0.25, -0.2) is 0 Å². The highest BCUT2D eigenvalue weighted by Crippen LogP contribution is 2.36. The van der Waals surface area contributed by atoms with E-state index in [9.17, 15) is 10.1 Å². The van der Waals surface area contributed by atoms with Gasteiger partial charge in [0.05, 0.1) is 10.5 Å². The molecule has 1 saturated carbocycles. The highest BCUT2D eigenvalue weighted by Gasteiger charge is 2.36. The third-order valence-electron chi connectivity index (χ3n) is 4.15. The Morgan fingerprint density at radius 1 is 1.46 bits per heavy atom. The van der Waals surface area contributed by atoms with E-state index in [1.54, 1.807) is 6.92 Å². The number of nitrogens with zero attached hydrogens (tertiary/aromatic N) is 3. The maximum Gasteiger partial charge on any atom is 0.312 e. The van der Waals surface area contributed by atoms with Crippen LogP contribution in [-0.2, 0) is 5.54 Å². The van der Waals surface area contributed by atoms with Crippen LogP contribution >= 0.6 is 11.6 Å². The molecule has 1 aliphatic carbocycles. The zero-order valence-electron chi connectivity index (χ0n) is 13.1. The van der Waals surface area contributed by atoms with Crippen molar-refractivity contribution in [3.05, 3.63) is 45.1 Å². The van der Waals surface area contributed by atoms with Crippen LogP contribution in [0.2, 0.25) is 5.02 Å². The number of halogens is 1. The van der Waals surface area contributed by atoms with E-state index in [0.29, 0.717) is 5.82 Å². The maximum atomic E-state index is 11.1. The minimum absolute atomic E-state index is 0.0833. The van der Waals surface area contributed by atoms with E-state index in [1.165, 1.54) is 18.2 Å². The fourth-order valence-electron chi connectivity index (χ4n) is 2.81. The highest BCUT2D eigenvalue weighted by atomic mass is 35.5. The van der Waals surface area contributed by atoms with Crippen molar-refractivity contribution in [2.75, 3.05) is 0 Å². The van der Waals surface area contributed by atoms with Crippen LogP contribution in [-0.4, -0.2) is 15.1 Å². The second kappa shape index (κ2) is 6.37. The standard InChI is InChI=1S/C15H17ClN4O4/c1-9(23-12-5-4-10(16)8-11(12)20(21)22)13-18-14(19-24-13)15(17)6-2-3-7-15/h4-5,8-9H,2-3,6-7,17H2,1H3. The third-order valence-corrected chi connectivity index (χ3v) is 4.39. The summed E-state index contributed by atoms with van der Waals surface area (Å²) in [5, 5.41) is 15.3. The normalized spacial score (nSPS) is 17.6. The molecule has 1 unspecified atom stereocenters. The predicted molar refractivity (Wildman–Crippen MR) is 85.8 cm³/mol. The van der Waals surface area contributed by atoms with Gasteiger partial charge in [0.1, 0.15) is 0 Å². The summed E-state index contributed by atoms with van der Waals surface area (Å²) in [7, 11) is 0. The lowest BCUT2D eigenvalue weighted by molar-refractivity contribution is -0.386. The van der Waals surface area contributed by atoms with Crippen LogP contribution in [0.4, 0.5) is 5.69 Å². The number of nitro benzene ring substituents is 1. The Bertz CT molecular complexity index is 758. The number of benzene rings is 1. The molecule has 0 aliphatic heterocycles. The Labute approximate surface area is 143 Å². The molecule has 24 heavy (non-hydrogen) atoms. The number of hydrogen-bond donors (Lipinski definition) is 1. The summed E-state index contributed by atoms with van der Waals surface area (Å²) in [5.74, 6) is 0.766. The molecule has 9 heteroatoms. The van der Waals surface area contributed by atoms with Crippen LogP contribution in [0.1, 0.15) is 50.4 Å². The van der Waals surface area contributed by atoms with E-state index in [1.807, 2.05) is 0 Å². The lowest BCUT2D eigenvalue weighted by atomic mass is 9.99. The predicted octanol–water partition coefficient (Wildman–Crippen LogP) is 3.50. The van der Waals surface area contributed by atoms with E-state index in [0.717, 1.165) is 25.7 Å². The lowest BCUT2D eigenvalue weighted by Gasteiger charge is -2.17. The zero-order valence-corrected chi connectivity index (χ0v) is 13.8. The molecule has 1 atom stereocenters. The van der Waals surface area contributed by atoms with Crippen molar-refractivity contribution in [1.82, 2.24) is 10.1 Å². The first-order valence-electron chi connectivity index (χ1n) is 7.62. The van der Waals surface area contributed by atoms with E-state index in [4.69, 9.17) is 26.6 Å². The average molecular weight is 353 g/mol. The molecule has 1 aliphatic rings. The van der Waals surface area contributed by atoms with E-state index in [2.05, 4.69) is 10.1 Å². The molecular weight excluding hydrogens is 336 g/mol. The fourth-order valence-corrected chi connectivity index (χ4v) is 2.97. The molecule has 1 aromatic heterocycles. The molecule has 128 valence electrons. The Morgan fingerprint density at radius 2 is 2.17 bits per heavy atom. The largest absolute Gasteiger partial charge is 0.474 e. The molecule has 0 bridgehead atoms. The number of hydrogen-bond acceptors (Lipinski definition) is 7. The van der Waals surface area contributed by atoms with Crippen LogP contribution in [0.25, 0.3) is 0 Å². The van der Waals surface area contributed by atoms with Gasteiger partial charge in [-0.2, -0.15) is 4.98 Å². The second-order valence-corrected chi connectivity index (χ2v) is 6.39. The first kappa shape index (κ1) is 16.7. The number of rotatable bonds is 5. The lowest BCUT2D eigenvalue weighted by Crippen LogP contribution is -2.34. The molecule has 3 rings (SSSR count). The van der Waals surface area contributed by atoms with E-state index in [-0.39, 0.29) is 22.4 Å². The van der Waals surface area contributed by atoms with Crippen molar-refractivity contribution in [1.29, 1.82) is 0 Å². The molecule has 2 N–H and O–H groups in total. The van der Waals surface area contributed by atoms with Gasteiger partial charge in [0, 0.05) is 11.1 Å². The van der Waals surface area contributed by atoms with Gasteiger partial charge >= 0.3 is 5.69 Å².